The van der Waals surface area contributed by atoms with Crippen molar-refractivity contribution in [1.82, 2.24) is 5.32 Å². The molecule has 0 spiro atoms. The highest BCUT2D eigenvalue weighted by Crippen LogP contribution is 2.29. The second-order valence-electron chi connectivity index (χ2n) is 5.59. The third-order valence-electron chi connectivity index (χ3n) is 4.43. The highest BCUT2D eigenvalue weighted by atomic mass is 16.3. The second kappa shape index (κ2) is 6.39. The summed E-state index contributed by atoms with van der Waals surface area (Å²) >= 11 is 0. The Kier molecular flexibility index (Phi) is 5.44. The summed E-state index contributed by atoms with van der Waals surface area (Å²) in [5, 5.41) is 12.5. The lowest BCUT2D eigenvalue weighted by atomic mass is 9.82. The molecule has 2 N–H and O–H groups in total. The van der Waals surface area contributed by atoms with E-state index in [0.717, 1.165) is 44.4 Å². The van der Waals surface area contributed by atoms with Crippen LogP contribution < -0.4 is 5.32 Å². The molecule has 0 unspecified atom stereocenters. The highest BCUT2D eigenvalue weighted by Gasteiger charge is 2.31. The standard InChI is InChI=1S/C14H27NO2/c1-4-14(5-2,10-16)15-13(17)12-8-6-11(3)7-9-12/h11-12,16H,4-10H2,1-3H3,(H,15,17). The first-order chi connectivity index (χ1) is 8.06. The zero-order valence-corrected chi connectivity index (χ0v) is 11.5. The molecule has 0 aromatic rings. The van der Waals surface area contributed by atoms with Gasteiger partial charge in [-0.05, 0) is 44.4 Å². The fourth-order valence-electron chi connectivity index (χ4n) is 2.58. The van der Waals surface area contributed by atoms with Gasteiger partial charge in [-0.1, -0.05) is 20.8 Å². The summed E-state index contributed by atoms with van der Waals surface area (Å²) in [6.07, 6.45) is 5.89. The molecule has 0 heterocycles. The van der Waals surface area contributed by atoms with Gasteiger partial charge in [0.05, 0.1) is 12.1 Å². The lowest BCUT2D eigenvalue weighted by Crippen LogP contribution is -2.52. The summed E-state index contributed by atoms with van der Waals surface area (Å²) in [5.74, 6) is 1.07. The third kappa shape index (κ3) is 3.70. The first-order valence-corrected chi connectivity index (χ1v) is 6.99. The molecule has 3 nitrogen and oxygen atoms in total. The Morgan fingerprint density at radius 2 is 1.76 bits per heavy atom. The van der Waals surface area contributed by atoms with Gasteiger partial charge in [-0.2, -0.15) is 0 Å². The van der Waals surface area contributed by atoms with Gasteiger partial charge in [0.2, 0.25) is 5.91 Å². The molecular formula is C14H27NO2. The van der Waals surface area contributed by atoms with E-state index in [2.05, 4.69) is 12.2 Å². The SMILES string of the molecule is CCC(CC)(CO)NC(=O)C1CCC(C)CC1. The number of amides is 1. The molecular weight excluding hydrogens is 214 g/mol. The Balaban J connectivity index is 2.53. The average molecular weight is 241 g/mol. The smallest absolute Gasteiger partial charge is 0.223 e. The van der Waals surface area contributed by atoms with Gasteiger partial charge in [-0.3, -0.25) is 4.79 Å². The molecule has 0 aliphatic heterocycles. The highest BCUT2D eigenvalue weighted by molar-refractivity contribution is 5.79. The number of carbonyl (C=O) groups excluding carboxylic acids is 1. The number of carbonyl (C=O) groups is 1. The summed E-state index contributed by atoms with van der Waals surface area (Å²) < 4.78 is 0. The molecule has 0 atom stereocenters. The quantitative estimate of drug-likeness (QED) is 0.777. The van der Waals surface area contributed by atoms with Crippen LogP contribution in [0.2, 0.25) is 0 Å². The molecule has 1 aliphatic carbocycles. The van der Waals surface area contributed by atoms with E-state index in [0.29, 0.717) is 0 Å². The van der Waals surface area contributed by atoms with Crippen molar-refractivity contribution >= 4 is 5.91 Å². The number of hydrogen-bond acceptors (Lipinski definition) is 2. The summed E-state index contributed by atoms with van der Waals surface area (Å²) in [4.78, 5) is 12.2. The van der Waals surface area contributed by atoms with Crippen LogP contribution in [0.1, 0.15) is 59.3 Å². The lowest BCUT2D eigenvalue weighted by Gasteiger charge is -2.34. The van der Waals surface area contributed by atoms with Crippen molar-refractivity contribution in [1.29, 1.82) is 0 Å². The normalized spacial score (nSPS) is 25.6. The molecule has 0 bridgehead atoms. The van der Waals surface area contributed by atoms with Gasteiger partial charge in [-0.15, -0.1) is 0 Å². The molecule has 0 aromatic heterocycles. The summed E-state index contributed by atoms with van der Waals surface area (Å²) in [6, 6.07) is 0. The summed E-state index contributed by atoms with van der Waals surface area (Å²) in [7, 11) is 0. The van der Waals surface area contributed by atoms with Crippen molar-refractivity contribution in [2.75, 3.05) is 6.61 Å². The molecule has 0 aromatic carbocycles. The van der Waals surface area contributed by atoms with E-state index < -0.39 is 5.54 Å². The van der Waals surface area contributed by atoms with Gasteiger partial charge in [0.1, 0.15) is 0 Å². The fraction of sp³-hybridized carbons (Fsp3) is 0.929. The van der Waals surface area contributed by atoms with Crippen molar-refractivity contribution in [3.05, 3.63) is 0 Å². The van der Waals surface area contributed by atoms with Crippen molar-refractivity contribution in [2.45, 2.75) is 64.8 Å². The van der Waals surface area contributed by atoms with Gasteiger partial charge in [0.15, 0.2) is 0 Å². The molecule has 1 saturated carbocycles. The topological polar surface area (TPSA) is 49.3 Å². The van der Waals surface area contributed by atoms with Crippen molar-refractivity contribution in [3.63, 3.8) is 0 Å². The van der Waals surface area contributed by atoms with E-state index in [1.54, 1.807) is 0 Å². The minimum absolute atomic E-state index is 0.0366. The van der Waals surface area contributed by atoms with Crippen molar-refractivity contribution in [2.24, 2.45) is 11.8 Å². The van der Waals surface area contributed by atoms with E-state index in [1.165, 1.54) is 0 Å². The first kappa shape index (κ1) is 14.5. The first-order valence-electron chi connectivity index (χ1n) is 6.99. The maximum absolute atomic E-state index is 12.2. The van der Waals surface area contributed by atoms with Gasteiger partial charge in [0.25, 0.3) is 0 Å². The van der Waals surface area contributed by atoms with Crippen LogP contribution in [0.5, 0.6) is 0 Å². The van der Waals surface area contributed by atoms with E-state index in [4.69, 9.17) is 0 Å². The number of hydrogen-bond donors (Lipinski definition) is 2. The fourth-order valence-corrected chi connectivity index (χ4v) is 2.58. The molecule has 17 heavy (non-hydrogen) atoms. The van der Waals surface area contributed by atoms with Crippen LogP contribution in [0.25, 0.3) is 0 Å². The zero-order chi connectivity index (χ0) is 12.9. The predicted octanol–water partition coefficient (Wildman–Crippen LogP) is 2.48. The Bertz CT molecular complexity index is 232. The van der Waals surface area contributed by atoms with E-state index in [9.17, 15) is 9.90 Å². The summed E-state index contributed by atoms with van der Waals surface area (Å²) in [5.41, 5.74) is -0.403. The Labute approximate surface area is 105 Å². The van der Waals surface area contributed by atoms with Crippen LogP contribution in [-0.2, 0) is 4.79 Å². The van der Waals surface area contributed by atoms with Crippen LogP contribution in [-0.4, -0.2) is 23.2 Å². The van der Waals surface area contributed by atoms with E-state index in [-0.39, 0.29) is 18.4 Å². The summed E-state index contributed by atoms with van der Waals surface area (Å²) in [6.45, 7) is 6.32. The number of aliphatic hydroxyl groups excluding tert-OH is 1. The van der Waals surface area contributed by atoms with Crippen molar-refractivity contribution < 1.29 is 9.90 Å². The Hall–Kier alpha value is -0.570. The van der Waals surface area contributed by atoms with Gasteiger partial charge < -0.3 is 10.4 Å². The largest absolute Gasteiger partial charge is 0.394 e. The Morgan fingerprint density at radius 1 is 1.24 bits per heavy atom. The van der Waals surface area contributed by atoms with E-state index in [1.807, 2.05) is 13.8 Å². The second-order valence-corrected chi connectivity index (χ2v) is 5.59. The molecule has 100 valence electrons. The molecule has 1 rings (SSSR count). The number of rotatable bonds is 5. The Morgan fingerprint density at radius 3 is 2.18 bits per heavy atom. The van der Waals surface area contributed by atoms with Gasteiger partial charge in [-0.25, -0.2) is 0 Å². The van der Waals surface area contributed by atoms with Gasteiger partial charge >= 0.3 is 0 Å². The molecule has 0 radical (unpaired) electrons. The van der Waals surface area contributed by atoms with Gasteiger partial charge in [0, 0.05) is 5.92 Å². The molecule has 1 amide bonds. The average Bonchev–Trinajstić information content (AvgIpc) is 2.37. The van der Waals surface area contributed by atoms with Crippen LogP contribution >= 0.6 is 0 Å². The zero-order valence-electron chi connectivity index (χ0n) is 11.5. The minimum atomic E-state index is -0.403. The van der Waals surface area contributed by atoms with Crippen LogP contribution in [0.3, 0.4) is 0 Å². The van der Waals surface area contributed by atoms with Crippen LogP contribution in [0.4, 0.5) is 0 Å². The lowest BCUT2D eigenvalue weighted by molar-refractivity contribution is -0.129. The van der Waals surface area contributed by atoms with Crippen LogP contribution in [0, 0.1) is 11.8 Å². The van der Waals surface area contributed by atoms with Crippen molar-refractivity contribution in [3.8, 4) is 0 Å². The molecule has 1 fully saturated rings. The monoisotopic (exact) mass is 241 g/mol. The number of aliphatic hydroxyl groups is 1. The maximum Gasteiger partial charge on any atom is 0.223 e. The minimum Gasteiger partial charge on any atom is -0.394 e. The van der Waals surface area contributed by atoms with Crippen LogP contribution in [0.15, 0.2) is 0 Å². The maximum atomic E-state index is 12.2. The van der Waals surface area contributed by atoms with E-state index >= 15 is 0 Å². The number of nitrogens with one attached hydrogen (secondary N) is 1. The predicted molar refractivity (Wildman–Crippen MR) is 69.7 cm³/mol. The molecule has 0 saturated heterocycles. The third-order valence-corrected chi connectivity index (χ3v) is 4.43. The molecule has 1 aliphatic rings. The molecule has 3 heteroatoms.